The molecule has 0 radical (unpaired) electrons. The molecule has 0 spiro atoms. The Kier molecular flexibility index (Phi) is 5.64. The van der Waals surface area contributed by atoms with E-state index in [1.165, 1.54) is 7.11 Å². The summed E-state index contributed by atoms with van der Waals surface area (Å²) in [5.74, 6) is 0. The van der Waals surface area contributed by atoms with Crippen molar-refractivity contribution in [2.24, 2.45) is 0 Å². The van der Waals surface area contributed by atoms with Crippen molar-refractivity contribution >= 4 is 0 Å². The van der Waals surface area contributed by atoms with Crippen LogP contribution in [-0.2, 0) is 9.47 Å². The van der Waals surface area contributed by atoms with Gasteiger partial charge < -0.3 is 19.7 Å². The molecule has 0 aromatic rings. The average Bonchev–Trinajstić information content (AvgIpc) is 2.26. The third-order valence-electron chi connectivity index (χ3n) is 2.97. The summed E-state index contributed by atoms with van der Waals surface area (Å²) in [7, 11) is 1.48. The normalized spacial score (nSPS) is 39.9. The highest BCUT2D eigenvalue weighted by molar-refractivity contribution is 4.90. The van der Waals surface area contributed by atoms with Gasteiger partial charge in [0.2, 0.25) is 0 Å². The largest absolute Gasteiger partial charge is 0.388 e. The van der Waals surface area contributed by atoms with Crippen molar-refractivity contribution in [3.63, 3.8) is 0 Å². The predicted molar refractivity (Wildman–Crippen MR) is 60.1 cm³/mol. The molecule has 0 amide bonds. The second-order valence-electron chi connectivity index (χ2n) is 4.25. The van der Waals surface area contributed by atoms with E-state index >= 15 is 0 Å². The first-order valence-corrected chi connectivity index (χ1v) is 5.89. The van der Waals surface area contributed by atoms with Gasteiger partial charge in [-0.15, -0.1) is 0 Å². The number of hydrogen-bond acceptors (Lipinski definition) is 5. The molecule has 5 atom stereocenters. The van der Waals surface area contributed by atoms with Crippen LogP contribution in [0.2, 0.25) is 0 Å². The Morgan fingerprint density at radius 1 is 1.31 bits per heavy atom. The van der Waals surface area contributed by atoms with Crippen molar-refractivity contribution < 1.29 is 19.7 Å². The van der Waals surface area contributed by atoms with Crippen molar-refractivity contribution in [2.45, 2.75) is 57.3 Å². The molecule has 0 aliphatic carbocycles. The SMILES string of the molecule is CCCCNC1OC(C)C(O)C(OC)C1O. The molecule has 0 aromatic heterocycles. The van der Waals surface area contributed by atoms with Crippen LogP contribution in [0.1, 0.15) is 26.7 Å². The van der Waals surface area contributed by atoms with Gasteiger partial charge in [-0.2, -0.15) is 0 Å². The van der Waals surface area contributed by atoms with E-state index in [1.807, 2.05) is 0 Å². The zero-order valence-electron chi connectivity index (χ0n) is 10.2. The highest BCUT2D eigenvalue weighted by Gasteiger charge is 2.42. The highest BCUT2D eigenvalue weighted by Crippen LogP contribution is 2.21. The number of hydrogen-bond donors (Lipinski definition) is 3. The highest BCUT2D eigenvalue weighted by atomic mass is 16.6. The molecule has 5 nitrogen and oxygen atoms in total. The lowest BCUT2D eigenvalue weighted by Crippen LogP contribution is -2.61. The monoisotopic (exact) mass is 233 g/mol. The number of ether oxygens (including phenoxy) is 2. The molecule has 1 heterocycles. The van der Waals surface area contributed by atoms with Gasteiger partial charge in [-0.05, 0) is 19.9 Å². The summed E-state index contributed by atoms with van der Waals surface area (Å²) in [6.45, 7) is 4.67. The van der Waals surface area contributed by atoms with Crippen molar-refractivity contribution in [3.8, 4) is 0 Å². The molecule has 96 valence electrons. The molecule has 0 saturated carbocycles. The van der Waals surface area contributed by atoms with Crippen LogP contribution in [0.15, 0.2) is 0 Å². The molecule has 3 N–H and O–H groups in total. The molecule has 1 rings (SSSR count). The van der Waals surface area contributed by atoms with Gasteiger partial charge in [-0.25, -0.2) is 0 Å². The Labute approximate surface area is 96.7 Å². The number of unbranched alkanes of at least 4 members (excludes halogenated alkanes) is 1. The fourth-order valence-corrected chi connectivity index (χ4v) is 1.90. The van der Waals surface area contributed by atoms with Gasteiger partial charge in [-0.1, -0.05) is 13.3 Å². The lowest BCUT2D eigenvalue weighted by molar-refractivity contribution is -0.231. The molecule has 0 bridgehead atoms. The molecule has 0 aromatic carbocycles. The molecule has 1 aliphatic heterocycles. The molecular weight excluding hydrogens is 210 g/mol. The minimum absolute atomic E-state index is 0.340. The zero-order chi connectivity index (χ0) is 12.1. The van der Waals surface area contributed by atoms with E-state index in [0.29, 0.717) is 0 Å². The van der Waals surface area contributed by atoms with Gasteiger partial charge in [0.05, 0.1) is 6.10 Å². The molecule has 1 aliphatic rings. The van der Waals surface area contributed by atoms with E-state index in [-0.39, 0.29) is 6.10 Å². The summed E-state index contributed by atoms with van der Waals surface area (Å²) in [5.41, 5.74) is 0. The van der Waals surface area contributed by atoms with Crippen LogP contribution in [0.5, 0.6) is 0 Å². The molecule has 5 heteroatoms. The Morgan fingerprint density at radius 2 is 2.00 bits per heavy atom. The summed E-state index contributed by atoms with van der Waals surface area (Å²) in [6, 6.07) is 0. The van der Waals surface area contributed by atoms with Crippen LogP contribution < -0.4 is 5.32 Å². The molecule has 1 saturated heterocycles. The average molecular weight is 233 g/mol. The van der Waals surface area contributed by atoms with E-state index in [4.69, 9.17) is 9.47 Å². The van der Waals surface area contributed by atoms with E-state index in [1.54, 1.807) is 6.92 Å². The summed E-state index contributed by atoms with van der Waals surface area (Å²) in [6.07, 6.45) is -0.911. The second kappa shape index (κ2) is 6.51. The van der Waals surface area contributed by atoms with Gasteiger partial charge in [0.15, 0.2) is 0 Å². The number of methoxy groups -OCH3 is 1. The smallest absolute Gasteiger partial charge is 0.137 e. The number of nitrogens with one attached hydrogen (secondary N) is 1. The lowest BCUT2D eigenvalue weighted by atomic mass is 9.99. The van der Waals surface area contributed by atoms with E-state index in [2.05, 4.69) is 12.2 Å². The summed E-state index contributed by atoms with van der Waals surface area (Å²) < 4.78 is 10.6. The van der Waals surface area contributed by atoms with Gasteiger partial charge in [0.1, 0.15) is 24.5 Å². The quantitative estimate of drug-likeness (QED) is 0.576. The predicted octanol–water partition coefficient (Wildman–Crippen LogP) is -0.142. The van der Waals surface area contributed by atoms with Crippen molar-refractivity contribution in [1.29, 1.82) is 0 Å². The maximum Gasteiger partial charge on any atom is 0.137 e. The first kappa shape index (κ1) is 13.9. The van der Waals surface area contributed by atoms with Crippen LogP contribution in [0.3, 0.4) is 0 Å². The van der Waals surface area contributed by atoms with Crippen LogP contribution in [-0.4, -0.2) is 54.5 Å². The first-order chi connectivity index (χ1) is 7.61. The maximum atomic E-state index is 9.94. The fraction of sp³-hybridized carbons (Fsp3) is 1.00. The number of aliphatic hydroxyl groups excluding tert-OH is 2. The zero-order valence-corrected chi connectivity index (χ0v) is 10.2. The van der Waals surface area contributed by atoms with E-state index in [9.17, 15) is 10.2 Å². The van der Waals surface area contributed by atoms with Crippen molar-refractivity contribution in [1.82, 2.24) is 5.32 Å². The third-order valence-corrected chi connectivity index (χ3v) is 2.97. The van der Waals surface area contributed by atoms with Gasteiger partial charge in [0.25, 0.3) is 0 Å². The first-order valence-electron chi connectivity index (χ1n) is 5.89. The minimum Gasteiger partial charge on any atom is -0.388 e. The van der Waals surface area contributed by atoms with E-state index in [0.717, 1.165) is 19.4 Å². The topological polar surface area (TPSA) is 71.0 Å². The Bertz CT molecular complexity index is 202. The van der Waals surface area contributed by atoms with Crippen molar-refractivity contribution in [2.75, 3.05) is 13.7 Å². The summed E-state index contributed by atoms with van der Waals surface area (Å²) >= 11 is 0. The van der Waals surface area contributed by atoms with E-state index < -0.39 is 24.5 Å². The molecule has 5 unspecified atom stereocenters. The lowest BCUT2D eigenvalue weighted by Gasteiger charge is -2.41. The van der Waals surface area contributed by atoms with Gasteiger partial charge in [-0.3, -0.25) is 5.32 Å². The third kappa shape index (κ3) is 3.15. The number of rotatable bonds is 5. The minimum atomic E-state index is -0.840. The number of aliphatic hydroxyl groups is 2. The second-order valence-corrected chi connectivity index (χ2v) is 4.25. The fourth-order valence-electron chi connectivity index (χ4n) is 1.90. The van der Waals surface area contributed by atoms with Crippen LogP contribution >= 0.6 is 0 Å². The van der Waals surface area contributed by atoms with Crippen molar-refractivity contribution in [3.05, 3.63) is 0 Å². The van der Waals surface area contributed by atoms with Gasteiger partial charge in [0, 0.05) is 7.11 Å². The Balaban J connectivity index is 2.51. The van der Waals surface area contributed by atoms with Gasteiger partial charge >= 0.3 is 0 Å². The Morgan fingerprint density at radius 3 is 2.56 bits per heavy atom. The van der Waals surface area contributed by atoms with Crippen LogP contribution in [0.25, 0.3) is 0 Å². The van der Waals surface area contributed by atoms with Crippen LogP contribution in [0, 0.1) is 0 Å². The summed E-state index contributed by atoms with van der Waals surface area (Å²) in [5, 5.41) is 22.8. The molecule has 1 fully saturated rings. The summed E-state index contributed by atoms with van der Waals surface area (Å²) in [4.78, 5) is 0. The standard InChI is InChI=1S/C11H23NO4/c1-4-5-6-12-11-9(14)10(15-3)8(13)7(2)16-11/h7-14H,4-6H2,1-3H3. The molecular formula is C11H23NO4. The maximum absolute atomic E-state index is 9.94. The van der Waals surface area contributed by atoms with Crippen LogP contribution in [0.4, 0.5) is 0 Å². The Hall–Kier alpha value is -0.200. The molecule has 16 heavy (non-hydrogen) atoms.